The molecular weight excluding hydrogens is 368 g/mol. The maximum atomic E-state index is 11.3. The minimum atomic E-state index is -0.718. The smallest absolute Gasteiger partial charge is 0.305 e. The van der Waals surface area contributed by atoms with Gasteiger partial charge in [0.2, 0.25) is 0 Å². The van der Waals surface area contributed by atoms with Crippen LogP contribution in [-0.4, -0.2) is 28.6 Å². The largest absolute Gasteiger partial charge is 0.469 e. The first-order chi connectivity index (χ1) is 13.4. The fourth-order valence-electron chi connectivity index (χ4n) is 2.40. The van der Waals surface area contributed by atoms with E-state index in [9.17, 15) is 25.0 Å². The third-order valence-corrected chi connectivity index (χ3v) is 3.83. The second-order valence-corrected chi connectivity index (χ2v) is 5.68. The van der Waals surface area contributed by atoms with Gasteiger partial charge in [-0.25, -0.2) is 0 Å². The molecule has 2 aromatic carbocycles. The molecule has 146 valence electrons. The van der Waals surface area contributed by atoms with Gasteiger partial charge in [0.15, 0.2) is 0 Å². The van der Waals surface area contributed by atoms with Crippen molar-refractivity contribution in [1.82, 2.24) is 0 Å². The van der Waals surface area contributed by atoms with Crippen LogP contribution >= 0.6 is 0 Å². The van der Waals surface area contributed by atoms with E-state index in [4.69, 9.17) is 0 Å². The van der Waals surface area contributed by atoms with E-state index >= 15 is 0 Å². The molecule has 0 radical (unpaired) electrons. The fraction of sp³-hybridized carbons (Fsp3) is 0.222. The molecule has 2 aromatic rings. The molecule has 0 atom stereocenters. The van der Waals surface area contributed by atoms with Crippen LogP contribution in [0.5, 0.6) is 0 Å². The van der Waals surface area contributed by atoms with Crippen LogP contribution in [0.15, 0.2) is 53.6 Å². The van der Waals surface area contributed by atoms with Crippen LogP contribution in [0.1, 0.15) is 24.8 Å². The maximum absolute atomic E-state index is 11.3. The Kier molecular flexibility index (Phi) is 7.14. The number of benzene rings is 2. The summed E-state index contributed by atoms with van der Waals surface area (Å²) in [4.78, 5) is 32.0. The molecule has 0 saturated carbocycles. The number of nitro benzene ring substituents is 2. The first-order valence-corrected chi connectivity index (χ1v) is 8.30. The summed E-state index contributed by atoms with van der Waals surface area (Å²) in [5, 5.41) is 26.3. The van der Waals surface area contributed by atoms with Crippen molar-refractivity contribution in [3.05, 3.63) is 74.3 Å². The topological polar surface area (TPSA) is 137 Å². The standard InChI is InChI=1S/C18H18N4O6/c1-28-18(23)9-5-8-15(13-6-3-2-4-7-13)19-20-16-11-10-14(21(24)25)12-17(16)22(26)27/h2-4,6-7,10-12,20H,5,8-9H2,1H3/b19-15-. The number of esters is 1. The highest BCUT2D eigenvalue weighted by Gasteiger charge is 2.19. The first-order valence-electron chi connectivity index (χ1n) is 8.30. The van der Waals surface area contributed by atoms with E-state index in [0.717, 1.165) is 17.7 Å². The van der Waals surface area contributed by atoms with E-state index in [1.807, 2.05) is 30.3 Å². The average molecular weight is 386 g/mol. The van der Waals surface area contributed by atoms with Crippen LogP contribution in [0.25, 0.3) is 0 Å². The number of methoxy groups -OCH3 is 1. The van der Waals surface area contributed by atoms with Crippen molar-refractivity contribution in [3.8, 4) is 0 Å². The van der Waals surface area contributed by atoms with Crippen LogP contribution in [-0.2, 0) is 9.53 Å². The molecule has 10 nitrogen and oxygen atoms in total. The fourth-order valence-corrected chi connectivity index (χ4v) is 2.40. The third kappa shape index (κ3) is 5.59. The Morgan fingerprint density at radius 3 is 2.39 bits per heavy atom. The second kappa shape index (κ2) is 9.76. The van der Waals surface area contributed by atoms with E-state index in [0.29, 0.717) is 18.6 Å². The Morgan fingerprint density at radius 1 is 1.07 bits per heavy atom. The van der Waals surface area contributed by atoms with Crippen LogP contribution in [0.3, 0.4) is 0 Å². The number of non-ortho nitro benzene ring substituents is 1. The molecule has 0 aliphatic carbocycles. The molecule has 2 rings (SSSR count). The van der Waals surface area contributed by atoms with Crippen LogP contribution in [0, 0.1) is 20.2 Å². The average Bonchev–Trinajstić information content (AvgIpc) is 2.70. The maximum Gasteiger partial charge on any atom is 0.305 e. The van der Waals surface area contributed by atoms with Crippen molar-refractivity contribution in [2.75, 3.05) is 12.5 Å². The van der Waals surface area contributed by atoms with Crippen LogP contribution in [0.4, 0.5) is 17.1 Å². The molecule has 28 heavy (non-hydrogen) atoms. The van der Waals surface area contributed by atoms with Gasteiger partial charge in [0, 0.05) is 12.5 Å². The second-order valence-electron chi connectivity index (χ2n) is 5.68. The Hall–Kier alpha value is -3.82. The Balaban J connectivity index is 2.27. The number of ether oxygens (including phenoxy) is 1. The molecular formula is C18H18N4O6. The van der Waals surface area contributed by atoms with Crippen molar-refractivity contribution in [1.29, 1.82) is 0 Å². The summed E-state index contributed by atoms with van der Waals surface area (Å²) in [6.45, 7) is 0. The Morgan fingerprint density at radius 2 is 1.79 bits per heavy atom. The zero-order valence-electron chi connectivity index (χ0n) is 15.0. The van der Waals surface area contributed by atoms with Gasteiger partial charge in [0.25, 0.3) is 5.69 Å². The quantitative estimate of drug-likeness (QED) is 0.300. The van der Waals surface area contributed by atoms with E-state index in [-0.39, 0.29) is 23.8 Å². The molecule has 0 fully saturated rings. The van der Waals surface area contributed by atoms with Crippen LogP contribution < -0.4 is 5.43 Å². The zero-order chi connectivity index (χ0) is 20.5. The number of nitrogens with zero attached hydrogens (tertiary/aromatic N) is 3. The molecule has 0 aromatic heterocycles. The molecule has 0 spiro atoms. The normalized spacial score (nSPS) is 11.0. The summed E-state index contributed by atoms with van der Waals surface area (Å²) >= 11 is 0. The highest BCUT2D eigenvalue weighted by atomic mass is 16.6. The van der Waals surface area contributed by atoms with E-state index in [2.05, 4.69) is 15.3 Å². The Labute approximate surface area is 160 Å². The van der Waals surface area contributed by atoms with E-state index in [1.54, 1.807) is 0 Å². The monoisotopic (exact) mass is 386 g/mol. The molecule has 0 amide bonds. The minimum Gasteiger partial charge on any atom is -0.469 e. The van der Waals surface area contributed by atoms with E-state index in [1.165, 1.54) is 13.2 Å². The van der Waals surface area contributed by atoms with Crippen molar-refractivity contribution in [3.63, 3.8) is 0 Å². The molecule has 0 saturated heterocycles. The predicted octanol–water partition coefficient (Wildman–Crippen LogP) is 3.66. The lowest BCUT2D eigenvalue weighted by Crippen LogP contribution is -2.08. The minimum absolute atomic E-state index is 0.0250. The number of anilines is 1. The molecule has 0 aliphatic rings. The molecule has 0 bridgehead atoms. The molecule has 0 unspecified atom stereocenters. The van der Waals surface area contributed by atoms with Gasteiger partial charge in [0.05, 0.1) is 28.7 Å². The summed E-state index contributed by atoms with van der Waals surface area (Å²) in [6, 6.07) is 12.4. The third-order valence-electron chi connectivity index (χ3n) is 3.83. The molecule has 0 heterocycles. The predicted molar refractivity (Wildman–Crippen MR) is 102 cm³/mol. The van der Waals surface area contributed by atoms with Gasteiger partial charge >= 0.3 is 11.7 Å². The van der Waals surface area contributed by atoms with Crippen molar-refractivity contribution in [2.24, 2.45) is 5.10 Å². The molecule has 1 N–H and O–H groups in total. The number of hydrogen-bond acceptors (Lipinski definition) is 8. The lowest BCUT2D eigenvalue weighted by molar-refractivity contribution is -0.393. The van der Waals surface area contributed by atoms with Gasteiger partial charge in [-0.3, -0.25) is 30.4 Å². The Bertz CT molecular complexity index is 898. The van der Waals surface area contributed by atoms with Crippen molar-refractivity contribution < 1.29 is 19.4 Å². The van der Waals surface area contributed by atoms with E-state index < -0.39 is 15.5 Å². The highest BCUT2D eigenvalue weighted by Crippen LogP contribution is 2.29. The summed E-state index contributed by atoms with van der Waals surface area (Å²) in [7, 11) is 1.31. The van der Waals surface area contributed by atoms with Gasteiger partial charge in [-0.05, 0) is 24.5 Å². The molecule has 10 heteroatoms. The number of nitro groups is 2. The summed E-state index contributed by atoms with van der Waals surface area (Å²) in [6.07, 6.45) is 1.11. The van der Waals surface area contributed by atoms with Gasteiger partial charge in [-0.15, -0.1) is 0 Å². The summed E-state index contributed by atoms with van der Waals surface area (Å²) in [5.41, 5.74) is 3.16. The summed E-state index contributed by atoms with van der Waals surface area (Å²) in [5.74, 6) is -0.341. The number of rotatable bonds is 9. The van der Waals surface area contributed by atoms with Crippen LogP contribution in [0.2, 0.25) is 0 Å². The lowest BCUT2D eigenvalue weighted by Gasteiger charge is -2.08. The number of hydrogen-bond donors (Lipinski definition) is 1. The number of carbonyl (C=O) groups excluding carboxylic acids is 1. The lowest BCUT2D eigenvalue weighted by atomic mass is 10.0. The molecule has 0 aliphatic heterocycles. The van der Waals surface area contributed by atoms with Gasteiger partial charge in [0.1, 0.15) is 5.69 Å². The zero-order valence-corrected chi connectivity index (χ0v) is 15.0. The highest BCUT2D eigenvalue weighted by molar-refractivity contribution is 6.01. The number of nitrogens with one attached hydrogen (secondary N) is 1. The summed E-state index contributed by atoms with van der Waals surface area (Å²) < 4.78 is 4.62. The van der Waals surface area contributed by atoms with Gasteiger partial charge < -0.3 is 4.74 Å². The van der Waals surface area contributed by atoms with Crippen molar-refractivity contribution >= 4 is 28.7 Å². The number of carbonyl (C=O) groups is 1. The SMILES string of the molecule is COC(=O)CCC/C(=N/Nc1ccc([N+](=O)[O-])cc1[N+](=O)[O-])c1ccccc1. The first kappa shape index (κ1) is 20.5. The van der Waals surface area contributed by atoms with Gasteiger partial charge in [-0.1, -0.05) is 30.3 Å². The van der Waals surface area contributed by atoms with Crippen molar-refractivity contribution in [2.45, 2.75) is 19.3 Å². The van der Waals surface area contributed by atoms with Gasteiger partial charge in [-0.2, -0.15) is 5.10 Å². The number of hydrazone groups is 1.